The number of aryl methyl sites for hydroxylation is 1. The average molecular weight is 354 g/mol. The molecule has 0 N–H and O–H groups in total. The lowest BCUT2D eigenvalue weighted by Gasteiger charge is -2.36. The van der Waals surface area contributed by atoms with Crippen LogP contribution in [0.5, 0.6) is 0 Å². The zero-order valence-electron chi connectivity index (χ0n) is 15.5. The summed E-state index contributed by atoms with van der Waals surface area (Å²) in [5.41, 5.74) is 2.19. The van der Waals surface area contributed by atoms with Crippen molar-refractivity contribution >= 4 is 5.91 Å². The Morgan fingerprint density at radius 2 is 1.81 bits per heavy atom. The Bertz CT molecular complexity index is 762. The van der Waals surface area contributed by atoms with E-state index in [1.54, 1.807) is 6.92 Å². The van der Waals surface area contributed by atoms with E-state index < -0.39 is 0 Å². The van der Waals surface area contributed by atoms with Crippen molar-refractivity contribution in [3.05, 3.63) is 35.7 Å². The molecule has 0 radical (unpaired) electrons. The Hall–Kier alpha value is -2.21. The first-order chi connectivity index (χ1) is 12.6. The van der Waals surface area contributed by atoms with Gasteiger partial charge in [0.05, 0.1) is 5.92 Å². The highest BCUT2D eigenvalue weighted by molar-refractivity contribution is 5.73. The molecule has 3 heterocycles. The molecule has 0 bridgehead atoms. The largest absolute Gasteiger partial charge is 0.420 e. The van der Waals surface area contributed by atoms with Crippen LogP contribution in [-0.2, 0) is 4.79 Å². The third-order valence-corrected chi connectivity index (χ3v) is 5.73. The number of carbonyl (C=O) groups is 1. The quantitative estimate of drug-likeness (QED) is 0.848. The van der Waals surface area contributed by atoms with Crippen molar-refractivity contribution in [2.45, 2.75) is 45.1 Å². The van der Waals surface area contributed by atoms with Gasteiger partial charge in [-0.05, 0) is 44.9 Å². The van der Waals surface area contributed by atoms with Gasteiger partial charge in [-0.25, -0.2) is 0 Å². The first kappa shape index (κ1) is 17.2. The van der Waals surface area contributed by atoms with Crippen LogP contribution >= 0.6 is 0 Å². The van der Waals surface area contributed by atoms with Crippen LogP contribution in [0.25, 0.3) is 11.5 Å². The number of aromatic nitrogens is 2. The monoisotopic (exact) mass is 354 g/mol. The van der Waals surface area contributed by atoms with E-state index in [9.17, 15) is 4.79 Å². The van der Waals surface area contributed by atoms with E-state index in [0.717, 1.165) is 56.9 Å². The molecule has 4 rings (SSSR count). The van der Waals surface area contributed by atoms with Gasteiger partial charge in [0.1, 0.15) is 0 Å². The summed E-state index contributed by atoms with van der Waals surface area (Å²) in [7, 11) is 0. The minimum Gasteiger partial charge on any atom is -0.420 e. The van der Waals surface area contributed by atoms with E-state index in [1.165, 1.54) is 5.56 Å². The first-order valence-electron chi connectivity index (χ1n) is 9.50. The molecule has 1 amide bonds. The van der Waals surface area contributed by atoms with Crippen molar-refractivity contribution in [3.63, 3.8) is 0 Å². The number of likely N-dealkylation sites (tertiary alicyclic amines) is 2. The lowest BCUT2D eigenvalue weighted by atomic mass is 10.0. The van der Waals surface area contributed by atoms with Gasteiger partial charge in [-0.1, -0.05) is 17.7 Å². The van der Waals surface area contributed by atoms with Crippen molar-refractivity contribution in [1.82, 2.24) is 20.0 Å². The molecule has 2 aliphatic rings. The highest BCUT2D eigenvalue weighted by Gasteiger charge is 2.34. The molecule has 26 heavy (non-hydrogen) atoms. The minimum absolute atomic E-state index is 0.192. The molecule has 0 aliphatic carbocycles. The molecule has 0 spiro atoms. The maximum Gasteiger partial charge on any atom is 0.247 e. The smallest absolute Gasteiger partial charge is 0.247 e. The van der Waals surface area contributed by atoms with Gasteiger partial charge in [0.25, 0.3) is 0 Å². The van der Waals surface area contributed by atoms with E-state index in [1.807, 2.05) is 17.0 Å². The predicted molar refractivity (Wildman–Crippen MR) is 98.7 cm³/mol. The summed E-state index contributed by atoms with van der Waals surface area (Å²) >= 11 is 0. The maximum absolute atomic E-state index is 11.5. The Morgan fingerprint density at radius 1 is 1.08 bits per heavy atom. The van der Waals surface area contributed by atoms with Crippen molar-refractivity contribution in [2.75, 3.05) is 26.2 Å². The summed E-state index contributed by atoms with van der Waals surface area (Å²) in [5, 5.41) is 8.56. The van der Waals surface area contributed by atoms with Crippen LogP contribution in [0.1, 0.15) is 43.6 Å². The van der Waals surface area contributed by atoms with Crippen LogP contribution in [0.2, 0.25) is 0 Å². The second-order valence-electron chi connectivity index (χ2n) is 7.53. The van der Waals surface area contributed by atoms with Gasteiger partial charge >= 0.3 is 0 Å². The summed E-state index contributed by atoms with van der Waals surface area (Å²) in [5.74, 6) is 1.86. The second kappa shape index (κ2) is 7.19. The number of benzene rings is 1. The highest BCUT2D eigenvalue weighted by Crippen LogP contribution is 2.31. The normalized spacial score (nSPS) is 22.1. The molecule has 0 saturated carbocycles. The van der Waals surface area contributed by atoms with Crippen LogP contribution in [0.15, 0.2) is 28.7 Å². The zero-order valence-corrected chi connectivity index (χ0v) is 15.5. The van der Waals surface area contributed by atoms with Gasteiger partial charge in [0.2, 0.25) is 17.7 Å². The predicted octanol–water partition coefficient (Wildman–Crippen LogP) is 2.85. The number of piperidine rings is 1. The van der Waals surface area contributed by atoms with Gasteiger partial charge in [0, 0.05) is 38.2 Å². The molecule has 1 aromatic carbocycles. The molecule has 6 nitrogen and oxygen atoms in total. The third-order valence-electron chi connectivity index (χ3n) is 5.73. The number of nitrogens with zero attached hydrogens (tertiary/aromatic N) is 4. The molecular formula is C20H26N4O2. The summed E-state index contributed by atoms with van der Waals surface area (Å²) < 4.78 is 5.98. The number of hydrogen-bond acceptors (Lipinski definition) is 5. The van der Waals surface area contributed by atoms with Gasteiger partial charge in [0.15, 0.2) is 0 Å². The summed E-state index contributed by atoms with van der Waals surface area (Å²) in [6.07, 6.45) is 3.18. The fraction of sp³-hybridized carbons (Fsp3) is 0.550. The molecule has 1 aromatic heterocycles. The van der Waals surface area contributed by atoms with Crippen molar-refractivity contribution < 1.29 is 9.21 Å². The Kier molecular flexibility index (Phi) is 4.76. The topological polar surface area (TPSA) is 62.5 Å². The van der Waals surface area contributed by atoms with Gasteiger partial charge < -0.3 is 9.32 Å². The summed E-state index contributed by atoms with van der Waals surface area (Å²) in [4.78, 5) is 16.0. The van der Waals surface area contributed by atoms with E-state index in [-0.39, 0.29) is 5.91 Å². The number of carbonyl (C=O) groups excluding carboxylic acids is 1. The molecule has 2 fully saturated rings. The minimum atomic E-state index is 0.192. The molecule has 2 aromatic rings. The third kappa shape index (κ3) is 3.51. The molecule has 138 valence electrons. The Morgan fingerprint density at radius 3 is 2.50 bits per heavy atom. The maximum atomic E-state index is 11.5. The van der Waals surface area contributed by atoms with E-state index in [0.29, 0.717) is 17.9 Å². The zero-order chi connectivity index (χ0) is 18.1. The highest BCUT2D eigenvalue weighted by atomic mass is 16.4. The Balaban J connectivity index is 1.37. The molecule has 1 unspecified atom stereocenters. The number of rotatable bonds is 3. The lowest BCUT2D eigenvalue weighted by molar-refractivity contribution is -0.130. The molecular weight excluding hydrogens is 328 g/mol. The standard InChI is InChI=1S/C20H26N4O2/c1-14-3-5-16(6-4-14)19-21-22-20(26-19)17-7-10-24(13-17)18-8-11-23(12-9-18)15(2)25/h3-6,17-18H,7-13H2,1-2H3. The van der Waals surface area contributed by atoms with Crippen LogP contribution in [0.3, 0.4) is 0 Å². The van der Waals surface area contributed by atoms with E-state index >= 15 is 0 Å². The van der Waals surface area contributed by atoms with Gasteiger partial charge in [-0.15, -0.1) is 10.2 Å². The van der Waals surface area contributed by atoms with E-state index in [4.69, 9.17) is 4.42 Å². The first-order valence-corrected chi connectivity index (χ1v) is 9.50. The number of hydrogen-bond donors (Lipinski definition) is 0. The van der Waals surface area contributed by atoms with Crippen molar-refractivity contribution in [1.29, 1.82) is 0 Å². The van der Waals surface area contributed by atoms with Crippen LogP contribution in [0, 0.1) is 6.92 Å². The molecule has 1 atom stereocenters. The average Bonchev–Trinajstić information content (AvgIpc) is 3.32. The van der Waals surface area contributed by atoms with Gasteiger partial charge in [-0.3, -0.25) is 9.69 Å². The van der Waals surface area contributed by atoms with Crippen LogP contribution in [-0.4, -0.2) is 58.1 Å². The Labute approximate surface area is 154 Å². The van der Waals surface area contributed by atoms with Crippen molar-refractivity contribution in [2.24, 2.45) is 0 Å². The fourth-order valence-corrected chi connectivity index (χ4v) is 4.08. The fourth-order valence-electron chi connectivity index (χ4n) is 4.08. The summed E-state index contributed by atoms with van der Waals surface area (Å²) in [6.45, 7) is 7.51. The molecule has 2 aliphatic heterocycles. The van der Waals surface area contributed by atoms with Crippen LogP contribution in [0.4, 0.5) is 0 Å². The molecule has 2 saturated heterocycles. The lowest BCUT2D eigenvalue weighted by Crippen LogP contribution is -2.45. The van der Waals surface area contributed by atoms with Gasteiger partial charge in [-0.2, -0.15) is 0 Å². The van der Waals surface area contributed by atoms with E-state index in [2.05, 4.69) is 34.2 Å². The second-order valence-corrected chi connectivity index (χ2v) is 7.53. The van der Waals surface area contributed by atoms with Crippen molar-refractivity contribution in [3.8, 4) is 11.5 Å². The SMILES string of the molecule is CC(=O)N1CCC(N2CCC(c3nnc(-c4ccc(C)cc4)o3)C2)CC1. The summed E-state index contributed by atoms with van der Waals surface area (Å²) in [6, 6.07) is 8.73. The molecule has 6 heteroatoms. The van der Waals surface area contributed by atoms with Crippen LogP contribution < -0.4 is 0 Å². The number of amides is 1.